The van der Waals surface area contributed by atoms with Crippen LogP contribution in [0, 0.1) is 24.0 Å². The van der Waals surface area contributed by atoms with Crippen molar-refractivity contribution in [2.45, 2.75) is 13.8 Å². The van der Waals surface area contributed by atoms with Gasteiger partial charge in [-0.05, 0) is 37.6 Å². The van der Waals surface area contributed by atoms with Crippen molar-refractivity contribution in [1.82, 2.24) is 0 Å². The first-order chi connectivity index (χ1) is 11.8. The summed E-state index contributed by atoms with van der Waals surface area (Å²) in [5.41, 5.74) is 1.73. The molecular weight excluding hydrogens is 348 g/mol. The number of hydrogen-bond donors (Lipinski definition) is 1. The SMILES string of the molecule is COc1cc(Cl)c(C)cc1NC(=O)COc1ccc([N+](=O)[O-])c(C)c1. The number of carbonyl (C=O) groups excluding carboxylic acids is 1. The smallest absolute Gasteiger partial charge is 0.272 e. The quantitative estimate of drug-likeness (QED) is 0.620. The van der Waals surface area contributed by atoms with Gasteiger partial charge in [-0.3, -0.25) is 14.9 Å². The lowest BCUT2D eigenvalue weighted by Crippen LogP contribution is -2.20. The number of aryl methyl sites for hydroxylation is 2. The first-order valence-corrected chi connectivity index (χ1v) is 7.71. The van der Waals surface area contributed by atoms with E-state index in [1.807, 2.05) is 6.92 Å². The molecule has 2 rings (SSSR count). The van der Waals surface area contributed by atoms with Gasteiger partial charge in [0, 0.05) is 22.7 Å². The number of nitro groups is 1. The van der Waals surface area contributed by atoms with Crippen LogP contribution in [0.5, 0.6) is 11.5 Å². The van der Waals surface area contributed by atoms with Gasteiger partial charge in [-0.25, -0.2) is 0 Å². The molecule has 0 heterocycles. The Kier molecular flexibility index (Phi) is 5.82. The van der Waals surface area contributed by atoms with Crippen LogP contribution in [-0.2, 0) is 4.79 Å². The van der Waals surface area contributed by atoms with Crippen molar-refractivity contribution in [2.24, 2.45) is 0 Å². The molecule has 0 aliphatic rings. The Morgan fingerprint density at radius 1 is 1.24 bits per heavy atom. The lowest BCUT2D eigenvalue weighted by atomic mass is 10.2. The molecule has 25 heavy (non-hydrogen) atoms. The third kappa shape index (κ3) is 4.60. The highest BCUT2D eigenvalue weighted by Crippen LogP contribution is 2.31. The van der Waals surface area contributed by atoms with Crippen molar-refractivity contribution >= 4 is 28.9 Å². The molecule has 1 amide bonds. The Morgan fingerprint density at radius 3 is 2.56 bits per heavy atom. The van der Waals surface area contributed by atoms with Crippen LogP contribution in [0.15, 0.2) is 30.3 Å². The van der Waals surface area contributed by atoms with Gasteiger partial charge in [-0.15, -0.1) is 0 Å². The Morgan fingerprint density at radius 2 is 1.96 bits per heavy atom. The van der Waals surface area contributed by atoms with Crippen molar-refractivity contribution in [3.8, 4) is 11.5 Å². The van der Waals surface area contributed by atoms with Crippen LogP contribution in [0.1, 0.15) is 11.1 Å². The fraction of sp³-hybridized carbons (Fsp3) is 0.235. The second-order valence-corrected chi connectivity index (χ2v) is 5.75. The van der Waals surface area contributed by atoms with Crippen molar-refractivity contribution in [3.05, 3.63) is 56.6 Å². The molecule has 2 aromatic rings. The summed E-state index contributed by atoms with van der Waals surface area (Å²) in [6.07, 6.45) is 0. The predicted octanol–water partition coefficient (Wildman–Crippen LogP) is 3.89. The maximum Gasteiger partial charge on any atom is 0.272 e. The fourth-order valence-electron chi connectivity index (χ4n) is 2.19. The average molecular weight is 365 g/mol. The number of hydrogen-bond acceptors (Lipinski definition) is 5. The number of benzene rings is 2. The van der Waals surface area contributed by atoms with Crippen molar-refractivity contribution in [1.29, 1.82) is 0 Å². The molecule has 0 aromatic heterocycles. The summed E-state index contributed by atoms with van der Waals surface area (Å²) >= 11 is 6.03. The van der Waals surface area contributed by atoms with E-state index in [-0.39, 0.29) is 12.3 Å². The van der Waals surface area contributed by atoms with Crippen LogP contribution in [0.4, 0.5) is 11.4 Å². The number of methoxy groups -OCH3 is 1. The molecular formula is C17H17ClN2O5. The highest BCUT2D eigenvalue weighted by Gasteiger charge is 2.13. The van der Waals surface area contributed by atoms with E-state index < -0.39 is 10.8 Å². The van der Waals surface area contributed by atoms with E-state index in [9.17, 15) is 14.9 Å². The number of rotatable bonds is 6. The van der Waals surface area contributed by atoms with Gasteiger partial charge < -0.3 is 14.8 Å². The Bertz CT molecular complexity index is 823. The maximum atomic E-state index is 12.1. The van der Waals surface area contributed by atoms with Crippen molar-refractivity contribution < 1.29 is 19.2 Å². The molecule has 0 bridgehead atoms. The molecule has 0 radical (unpaired) electrons. The average Bonchev–Trinajstić information content (AvgIpc) is 2.55. The summed E-state index contributed by atoms with van der Waals surface area (Å²) in [4.78, 5) is 22.4. The van der Waals surface area contributed by atoms with Crippen LogP contribution in [0.25, 0.3) is 0 Å². The highest BCUT2D eigenvalue weighted by atomic mass is 35.5. The normalized spacial score (nSPS) is 10.2. The summed E-state index contributed by atoms with van der Waals surface area (Å²) in [7, 11) is 1.48. The Labute approximate surface area is 149 Å². The number of halogens is 1. The predicted molar refractivity (Wildman–Crippen MR) is 94.7 cm³/mol. The third-order valence-corrected chi connectivity index (χ3v) is 3.90. The number of nitrogens with one attached hydrogen (secondary N) is 1. The summed E-state index contributed by atoms with van der Waals surface area (Å²) in [5, 5.41) is 14.0. The number of carbonyl (C=O) groups is 1. The summed E-state index contributed by atoms with van der Waals surface area (Å²) in [6, 6.07) is 7.63. The standard InChI is InChI=1S/C17H17ClN2O5/c1-10-7-14(16(24-3)8-13(10)18)19-17(21)9-25-12-4-5-15(20(22)23)11(2)6-12/h4-8H,9H2,1-3H3,(H,19,21). The lowest BCUT2D eigenvalue weighted by Gasteiger charge is -2.13. The van der Waals surface area contributed by atoms with Gasteiger partial charge in [0.25, 0.3) is 11.6 Å². The van der Waals surface area contributed by atoms with E-state index in [4.69, 9.17) is 21.1 Å². The molecule has 0 aliphatic heterocycles. The van der Waals surface area contributed by atoms with Gasteiger partial charge in [-0.2, -0.15) is 0 Å². The first kappa shape index (κ1) is 18.5. The largest absolute Gasteiger partial charge is 0.495 e. The zero-order chi connectivity index (χ0) is 18.6. The van der Waals surface area contributed by atoms with Gasteiger partial charge in [-0.1, -0.05) is 11.6 Å². The topological polar surface area (TPSA) is 90.7 Å². The molecule has 7 nitrogen and oxygen atoms in total. The summed E-state index contributed by atoms with van der Waals surface area (Å²) in [5.74, 6) is 0.420. The molecule has 8 heteroatoms. The monoisotopic (exact) mass is 364 g/mol. The zero-order valence-corrected chi connectivity index (χ0v) is 14.7. The number of nitro benzene ring substituents is 1. The Balaban J connectivity index is 2.03. The Hall–Kier alpha value is -2.80. The van der Waals surface area contributed by atoms with E-state index in [1.54, 1.807) is 19.1 Å². The second-order valence-electron chi connectivity index (χ2n) is 5.34. The zero-order valence-electron chi connectivity index (χ0n) is 14.0. The van der Waals surface area contributed by atoms with Gasteiger partial charge in [0.1, 0.15) is 11.5 Å². The van der Waals surface area contributed by atoms with E-state index in [1.165, 1.54) is 25.3 Å². The number of anilines is 1. The molecule has 2 aromatic carbocycles. The summed E-state index contributed by atoms with van der Waals surface area (Å²) in [6.45, 7) is 3.17. The van der Waals surface area contributed by atoms with Gasteiger partial charge >= 0.3 is 0 Å². The molecule has 0 fully saturated rings. The molecule has 1 N–H and O–H groups in total. The van der Waals surface area contributed by atoms with Crippen LogP contribution < -0.4 is 14.8 Å². The number of nitrogens with zero attached hydrogens (tertiary/aromatic N) is 1. The van der Waals surface area contributed by atoms with Crippen LogP contribution >= 0.6 is 11.6 Å². The van der Waals surface area contributed by atoms with Crippen LogP contribution in [-0.4, -0.2) is 24.5 Å². The van der Waals surface area contributed by atoms with Crippen LogP contribution in [0.2, 0.25) is 5.02 Å². The van der Waals surface area contributed by atoms with Crippen LogP contribution in [0.3, 0.4) is 0 Å². The second kappa shape index (κ2) is 7.85. The third-order valence-electron chi connectivity index (χ3n) is 3.49. The minimum atomic E-state index is -0.471. The molecule has 0 unspecified atom stereocenters. The fourth-order valence-corrected chi connectivity index (χ4v) is 2.34. The molecule has 0 aliphatic carbocycles. The van der Waals surface area contributed by atoms with Gasteiger partial charge in [0.2, 0.25) is 0 Å². The minimum absolute atomic E-state index is 0.00169. The maximum absolute atomic E-state index is 12.1. The summed E-state index contributed by atoms with van der Waals surface area (Å²) < 4.78 is 10.6. The molecule has 0 saturated heterocycles. The van der Waals surface area contributed by atoms with Crippen molar-refractivity contribution in [2.75, 3.05) is 19.0 Å². The molecule has 0 saturated carbocycles. The number of amides is 1. The first-order valence-electron chi connectivity index (χ1n) is 7.33. The lowest BCUT2D eigenvalue weighted by molar-refractivity contribution is -0.385. The molecule has 0 atom stereocenters. The van der Waals surface area contributed by atoms with Crippen molar-refractivity contribution in [3.63, 3.8) is 0 Å². The molecule has 132 valence electrons. The highest BCUT2D eigenvalue weighted by molar-refractivity contribution is 6.31. The van der Waals surface area contributed by atoms with E-state index in [0.717, 1.165) is 5.56 Å². The minimum Gasteiger partial charge on any atom is -0.495 e. The molecule has 0 spiro atoms. The number of ether oxygens (including phenoxy) is 2. The van der Waals surface area contributed by atoms with E-state index >= 15 is 0 Å². The van der Waals surface area contributed by atoms with E-state index in [2.05, 4.69) is 5.32 Å². The van der Waals surface area contributed by atoms with Gasteiger partial charge in [0.15, 0.2) is 6.61 Å². The van der Waals surface area contributed by atoms with E-state index in [0.29, 0.717) is 27.8 Å². The van der Waals surface area contributed by atoms with Gasteiger partial charge in [0.05, 0.1) is 17.7 Å².